The summed E-state index contributed by atoms with van der Waals surface area (Å²) in [6.45, 7) is 2.67. The lowest BCUT2D eigenvalue weighted by Gasteiger charge is -2.39. The van der Waals surface area contributed by atoms with E-state index in [4.69, 9.17) is 9.47 Å². The van der Waals surface area contributed by atoms with Gasteiger partial charge in [0.25, 0.3) is 5.91 Å². The molecule has 4 aromatic carbocycles. The average Bonchev–Trinajstić information content (AvgIpc) is 3.56. The average molecular weight is 574 g/mol. The highest BCUT2D eigenvalue weighted by Gasteiger charge is 2.42. The number of amides is 1. The molecule has 218 valence electrons. The topological polar surface area (TPSA) is 76.8 Å². The maximum atomic E-state index is 13.7. The molecule has 3 atom stereocenters. The second kappa shape index (κ2) is 12.3. The van der Waals surface area contributed by atoms with Gasteiger partial charge in [0.1, 0.15) is 17.4 Å². The zero-order valence-electron chi connectivity index (χ0n) is 24.3. The maximum Gasteiger partial charge on any atom is 0.255 e. The van der Waals surface area contributed by atoms with Crippen LogP contribution < -0.4 is 4.74 Å². The van der Waals surface area contributed by atoms with Crippen LogP contribution in [-0.4, -0.2) is 51.3 Å². The van der Waals surface area contributed by atoms with Crippen LogP contribution in [0.15, 0.2) is 128 Å². The van der Waals surface area contributed by atoms with E-state index in [2.05, 4.69) is 41.4 Å². The van der Waals surface area contributed by atoms with Crippen LogP contribution in [0.1, 0.15) is 41.0 Å². The van der Waals surface area contributed by atoms with Crippen LogP contribution in [0.2, 0.25) is 0 Å². The first-order valence-electron chi connectivity index (χ1n) is 14.5. The first kappa shape index (κ1) is 28.4. The number of ether oxygens (including phenoxy) is 2. The predicted molar refractivity (Wildman–Crippen MR) is 165 cm³/mol. The monoisotopic (exact) mass is 573 g/mol. The molecular weight excluding hydrogens is 538 g/mol. The van der Waals surface area contributed by atoms with Crippen molar-refractivity contribution in [3.8, 4) is 5.75 Å². The first-order chi connectivity index (χ1) is 21.0. The zero-order chi connectivity index (χ0) is 29.8. The van der Waals surface area contributed by atoms with Crippen molar-refractivity contribution in [1.82, 2.24) is 14.5 Å². The molecule has 1 aliphatic rings. The SMILES string of the molecule is COc1ccc(CN2C(=O)C(C(O)c3cn(C(c4ccccc4)(c4ccccc4)c4ccccc4)cn3)OC[C@@H]2C)cc1. The number of imidazole rings is 1. The summed E-state index contributed by atoms with van der Waals surface area (Å²) in [5.74, 6) is 0.489. The van der Waals surface area contributed by atoms with Gasteiger partial charge in [-0.05, 0) is 41.3 Å². The molecule has 0 bridgehead atoms. The molecule has 0 radical (unpaired) electrons. The molecule has 43 heavy (non-hydrogen) atoms. The number of aliphatic hydroxyl groups is 1. The molecule has 7 heteroatoms. The standard InChI is InChI=1S/C36H35N3O4/c1-26-24-43-34(35(41)39(26)22-27-18-20-31(42-2)21-19-27)33(40)32-23-38(25-37-32)36(28-12-6-3-7-13-28,29-14-8-4-9-15-29)30-16-10-5-11-17-30/h3-21,23,25-26,33-34,40H,22,24H2,1-2H3/t26-,33?,34?/m0/s1. The van der Waals surface area contributed by atoms with Gasteiger partial charge in [-0.15, -0.1) is 0 Å². The normalized spacial score (nSPS) is 17.9. The Hall–Kier alpha value is -4.72. The van der Waals surface area contributed by atoms with Gasteiger partial charge in [-0.25, -0.2) is 4.98 Å². The van der Waals surface area contributed by atoms with Crippen molar-refractivity contribution in [3.63, 3.8) is 0 Å². The Labute approximate surface area is 252 Å². The van der Waals surface area contributed by atoms with Gasteiger partial charge in [-0.3, -0.25) is 4.79 Å². The summed E-state index contributed by atoms with van der Waals surface area (Å²) in [7, 11) is 1.62. The number of morpholine rings is 1. The van der Waals surface area contributed by atoms with E-state index in [-0.39, 0.29) is 11.9 Å². The minimum atomic E-state index is -1.25. The third kappa shape index (κ3) is 5.33. The van der Waals surface area contributed by atoms with E-state index in [1.807, 2.05) is 96.6 Å². The quantitative estimate of drug-likeness (QED) is 0.233. The minimum absolute atomic E-state index is 0.141. The molecule has 1 aliphatic heterocycles. The van der Waals surface area contributed by atoms with E-state index < -0.39 is 17.7 Å². The van der Waals surface area contributed by atoms with E-state index in [1.165, 1.54) is 0 Å². The van der Waals surface area contributed by atoms with Crippen LogP contribution in [0.4, 0.5) is 0 Å². The molecular formula is C36H35N3O4. The van der Waals surface area contributed by atoms with Gasteiger partial charge in [0.15, 0.2) is 6.10 Å². The van der Waals surface area contributed by atoms with Crippen LogP contribution in [0, 0.1) is 0 Å². The number of benzene rings is 4. The Morgan fingerprint density at radius 3 is 1.93 bits per heavy atom. The molecule has 0 spiro atoms. The fourth-order valence-electron chi connectivity index (χ4n) is 5.99. The maximum absolute atomic E-state index is 13.7. The van der Waals surface area contributed by atoms with Crippen molar-refractivity contribution in [2.24, 2.45) is 0 Å². The highest BCUT2D eigenvalue weighted by atomic mass is 16.5. The molecule has 1 fully saturated rings. The van der Waals surface area contributed by atoms with Crippen LogP contribution in [-0.2, 0) is 21.6 Å². The molecule has 1 amide bonds. The van der Waals surface area contributed by atoms with E-state index in [1.54, 1.807) is 18.3 Å². The van der Waals surface area contributed by atoms with E-state index in [0.29, 0.717) is 18.8 Å². The molecule has 0 saturated carbocycles. The second-order valence-corrected chi connectivity index (χ2v) is 10.9. The van der Waals surface area contributed by atoms with Crippen molar-refractivity contribution >= 4 is 5.91 Å². The number of hydrogen-bond acceptors (Lipinski definition) is 5. The summed E-state index contributed by atoms with van der Waals surface area (Å²) in [5, 5.41) is 11.6. The van der Waals surface area contributed by atoms with Gasteiger partial charge >= 0.3 is 0 Å². The molecule has 1 aromatic heterocycles. The Morgan fingerprint density at radius 2 is 1.42 bits per heavy atom. The van der Waals surface area contributed by atoms with Crippen molar-refractivity contribution in [2.75, 3.05) is 13.7 Å². The largest absolute Gasteiger partial charge is 0.497 e. The third-order valence-corrected chi connectivity index (χ3v) is 8.24. The lowest BCUT2D eigenvalue weighted by atomic mass is 9.77. The summed E-state index contributed by atoms with van der Waals surface area (Å²) >= 11 is 0. The molecule has 1 saturated heterocycles. The fraction of sp³-hybridized carbons (Fsp3) is 0.222. The molecule has 5 aromatic rings. The van der Waals surface area contributed by atoms with Crippen molar-refractivity contribution in [3.05, 3.63) is 156 Å². The van der Waals surface area contributed by atoms with Gasteiger partial charge in [-0.1, -0.05) is 103 Å². The smallest absolute Gasteiger partial charge is 0.255 e. The van der Waals surface area contributed by atoms with Gasteiger partial charge in [0, 0.05) is 12.7 Å². The molecule has 0 aliphatic carbocycles. The second-order valence-electron chi connectivity index (χ2n) is 10.9. The number of rotatable bonds is 9. The van der Waals surface area contributed by atoms with Gasteiger partial charge in [0.2, 0.25) is 0 Å². The molecule has 1 N–H and O–H groups in total. The summed E-state index contributed by atoms with van der Waals surface area (Å²) < 4.78 is 13.3. The fourth-order valence-corrected chi connectivity index (χ4v) is 5.99. The number of carbonyl (C=O) groups is 1. The van der Waals surface area contributed by atoms with Crippen molar-refractivity contribution in [1.29, 1.82) is 0 Å². The number of aliphatic hydroxyl groups excluding tert-OH is 1. The molecule has 7 nitrogen and oxygen atoms in total. The third-order valence-electron chi connectivity index (χ3n) is 8.24. The van der Waals surface area contributed by atoms with Crippen LogP contribution >= 0.6 is 0 Å². The van der Waals surface area contributed by atoms with Crippen molar-refractivity contribution in [2.45, 2.75) is 37.3 Å². The number of hydrogen-bond donors (Lipinski definition) is 1. The van der Waals surface area contributed by atoms with E-state index in [9.17, 15) is 9.90 Å². The van der Waals surface area contributed by atoms with Crippen LogP contribution in [0.25, 0.3) is 0 Å². The summed E-state index contributed by atoms with van der Waals surface area (Å²) in [6, 6.07) is 38.2. The molecule has 6 rings (SSSR count). The van der Waals surface area contributed by atoms with Crippen molar-refractivity contribution < 1.29 is 19.4 Å². The first-order valence-corrected chi connectivity index (χ1v) is 14.5. The number of aromatic nitrogens is 2. The molecule has 2 heterocycles. The Balaban J connectivity index is 1.36. The highest BCUT2D eigenvalue weighted by Crippen LogP contribution is 2.41. The van der Waals surface area contributed by atoms with Crippen LogP contribution in [0.5, 0.6) is 5.75 Å². The van der Waals surface area contributed by atoms with Gasteiger partial charge in [-0.2, -0.15) is 0 Å². The van der Waals surface area contributed by atoms with E-state index in [0.717, 1.165) is 28.0 Å². The Morgan fingerprint density at radius 1 is 0.884 bits per heavy atom. The Kier molecular flexibility index (Phi) is 8.09. The summed E-state index contributed by atoms with van der Waals surface area (Å²) in [5.41, 5.74) is 3.67. The number of carbonyl (C=O) groups excluding carboxylic acids is 1. The minimum Gasteiger partial charge on any atom is -0.497 e. The summed E-state index contributed by atoms with van der Waals surface area (Å²) in [6.07, 6.45) is 1.24. The van der Waals surface area contributed by atoms with Crippen LogP contribution in [0.3, 0.4) is 0 Å². The lowest BCUT2D eigenvalue weighted by Crippen LogP contribution is -2.54. The van der Waals surface area contributed by atoms with Gasteiger partial charge < -0.3 is 24.0 Å². The lowest BCUT2D eigenvalue weighted by molar-refractivity contribution is -0.170. The zero-order valence-corrected chi connectivity index (χ0v) is 24.3. The molecule has 2 unspecified atom stereocenters. The number of nitrogens with zero attached hydrogens (tertiary/aromatic N) is 3. The Bertz CT molecular complexity index is 1540. The van der Waals surface area contributed by atoms with Gasteiger partial charge in [0.05, 0.1) is 31.8 Å². The summed E-state index contributed by atoms with van der Waals surface area (Å²) in [4.78, 5) is 20.2. The highest BCUT2D eigenvalue weighted by molar-refractivity contribution is 5.82. The van der Waals surface area contributed by atoms with E-state index >= 15 is 0 Å². The predicted octanol–water partition coefficient (Wildman–Crippen LogP) is 5.58. The number of methoxy groups -OCH3 is 1.